The van der Waals surface area contributed by atoms with Crippen molar-refractivity contribution in [3.8, 4) is 12.3 Å². The molecule has 78 valence electrons. The molecule has 0 atom stereocenters. The Balaban J connectivity index is 2.38. The van der Waals surface area contributed by atoms with Crippen LogP contribution in [0.1, 0.15) is 11.1 Å². The van der Waals surface area contributed by atoms with Gasteiger partial charge in [-0.15, -0.1) is 6.42 Å². The lowest BCUT2D eigenvalue weighted by molar-refractivity contribution is 0.615. The molecule has 0 unspecified atom stereocenters. The van der Waals surface area contributed by atoms with Gasteiger partial charge in [0.05, 0.1) is 0 Å². The minimum atomic E-state index is 0.900. The van der Waals surface area contributed by atoms with Crippen molar-refractivity contribution in [1.82, 2.24) is 4.90 Å². The molecule has 0 fully saturated rings. The third kappa shape index (κ3) is 1.78. The smallest absolute Gasteiger partial charge is 0.0481 e. The van der Waals surface area contributed by atoms with E-state index < -0.39 is 0 Å². The van der Waals surface area contributed by atoms with E-state index in [9.17, 15) is 0 Å². The van der Waals surface area contributed by atoms with Crippen LogP contribution in [0.4, 0.5) is 0 Å². The van der Waals surface area contributed by atoms with E-state index in [4.69, 9.17) is 6.42 Å². The number of rotatable bonds is 1. The molecule has 1 aliphatic rings. The van der Waals surface area contributed by atoms with E-state index in [1.807, 2.05) is 43.5 Å². The summed E-state index contributed by atoms with van der Waals surface area (Å²) >= 11 is 0. The molecule has 0 aliphatic carbocycles. The van der Waals surface area contributed by atoms with Gasteiger partial charge in [-0.05, 0) is 29.8 Å². The molecule has 0 aromatic heterocycles. The summed E-state index contributed by atoms with van der Waals surface area (Å²) in [6.07, 6.45) is 11.4. The van der Waals surface area contributed by atoms with Crippen LogP contribution in [-0.4, -0.2) is 11.9 Å². The first kappa shape index (κ1) is 10.3. The molecular weight excluding hydrogens is 194 g/mol. The lowest BCUT2D eigenvalue weighted by atomic mass is 10.1. The summed E-state index contributed by atoms with van der Waals surface area (Å²) in [5, 5.41) is 0. The minimum Gasteiger partial charge on any atom is -0.345 e. The first-order valence-electron chi connectivity index (χ1n) is 5.10. The van der Waals surface area contributed by atoms with Gasteiger partial charge >= 0.3 is 0 Å². The number of terminal acetylenes is 1. The van der Waals surface area contributed by atoms with E-state index in [-0.39, 0.29) is 0 Å². The highest BCUT2D eigenvalue weighted by atomic mass is 15.1. The van der Waals surface area contributed by atoms with Gasteiger partial charge in [0.15, 0.2) is 0 Å². The largest absolute Gasteiger partial charge is 0.345 e. The summed E-state index contributed by atoms with van der Waals surface area (Å²) in [6.45, 7) is 3.97. The summed E-state index contributed by atoms with van der Waals surface area (Å²) < 4.78 is 0. The third-order valence-electron chi connectivity index (χ3n) is 2.68. The van der Waals surface area contributed by atoms with Crippen molar-refractivity contribution in [2.75, 3.05) is 7.05 Å². The van der Waals surface area contributed by atoms with Crippen LogP contribution in [0.3, 0.4) is 0 Å². The zero-order valence-electron chi connectivity index (χ0n) is 9.27. The lowest BCUT2D eigenvalue weighted by Gasteiger charge is -2.25. The molecule has 0 spiro atoms. The molecule has 0 bridgehead atoms. The first-order chi connectivity index (χ1) is 7.72. The maximum Gasteiger partial charge on any atom is 0.0481 e. The highest BCUT2D eigenvalue weighted by Crippen LogP contribution is 2.25. The normalized spacial score (nSPS) is 14.6. The molecule has 1 aromatic carbocycles. The SMILES string of the molecule is C#Cc1ccc(C2=CC=CC(=C)N2C)cc1. The van der Waals surface area contributed by atoms with Crippen molar-refractivity contribution >= 4 is 5.70 Å². The Hall–Kier alpha value is -2.20. The van der Waals surface area contributed by atoms with Crippen molar-refractivity contribution in [2.45, 2.75) is 0 Å². The van der Waals surface area contributed by atoms with Crippen LogP contribution in [0.2, 0.25) is 0 Å². The van der Waals surface area contributed by atoms with Gasteiger partial charge in [0.1, 0.15) is 0 Å². The van der Waals surface area contributed by atoms with Crippen molar-refractivity contribution in [3.63, 3.8) is 0 Å². The molecule has 1 aromatic rings. The Kier molecular flexibility index (Phi) is 2.66. The zero-order valence-corrected chi connectivity index (χ0v) is 9.27. The molecule has 0 amide bonds. The van der Waals surface area contributed by atoms with Gasteiger partial charge in [0, 0.05) is 24.0 Å². The van der Waals surface area contributed by atoms with Gasteiger partial charge in [-0.2, -0.15) is 0 Å². The van der Waals surface area contributed by atoms with E-state index in [2.05, 4.69) is 23.5 Å². The van der Waals surface area contributed by atoms with Crippen LogP contribution >= 0.6 is 0 Å². The predicted octanol–water partition coefficient (Wildman–Crippen LogP) is 3.02. The van der Waals surface area contributed by atoms with E-state index in [1.165, 1.54) is 0 Å². The molecule has 16 heavy (non-hydrogen) atoms. The van der Waals surface area contributed by atoms with E-state index in [1.54, 1.807) is 0 Å². The zero-order chi connectivity index (χ0) is 11.5. The molecular formula is C15H13N. The Labute approximate surface area is 96.4 Å². The quantitative estimate of drug-likeness (QED) is 0.640. The van der Waals surface area contributed by atoms with Crippen molar-refractivity contribution in [2.24, 2.45) is 0 Å². The molecule has 1 heteroatoms. The van der Waals surface area contributed by atoms with Crippen LogP contribution in [0.5, 0.6) is 0 Å². The fourth-order valence-corrected chi connectivity index (χ4v) is 1.66. The fourth-order valence-electron chi connectivity index (χ4n) is 1.66. The summed E-state index contributed by atoms with van der Waals surface area (Å²) in [4.78, 5) is 2.06. The maximum atomic E-state index is 5.33. The molecule has 1 nitrogen and oxygen atoms in total. The molecule has 2 rings (SSSR count). The Morgan fingerprint density at radius 1 is 1.25 bits per heavy atom. The summed E-state index contributed by atoms with van der Waals surface area (Å²) in [7, 11) is 2.01. The van der Waals surface area contributed by atoms with Gasteiger partial charge < -0.3 is 4.90 Å². The number of nitrogens with zero attached hydrogens (tertiary/aromatic N) is 1. The number of likely N-dealkylation sites (N-methyl/N-ethyl adjacent to an activating group) is 1. The minimum absolute atomic E-state index is 0.900. The molecule has 0 radical (unpaired) electrons. The summed E-state index contributed by atoms with van der Waals surface area (Å²) in [5.41, 5.74) is 4.17. The van der Waals surface area contributed by atoms with Gasteiger partial charge in [-0.1, -0.05) is 30.7 Å². The van der Waals surface area contributed by atoms with E-state index in [0.29, 0.717) is 0 Å². The Morgan fingerprint density at radius 3 is 2.56 bits per heavy atom. The molecule has 0 N–H and O–H groups in total. The van der Waals surface area contributed by atoms with Crippen molar-refractivity contribution < 1.29 is 0 Å². The topological polar surface area (TPSA) is 3.24 Å². The first-order valence-corrected chi connectivity index (χ1v) is 5.10. The van der Waals surface area contributed by atoms with Crippen molar-refractivity contribution in [1.29, 1.82) is 0 Å². The second-order valence-corrected chi connectivity index (χ2v) is 3.68. The molecule has 0 saturated carbocycles. The molecule has 1 aliphatic heterocycles. The summed E-state index contributed by atoms with van der Waals surface area (Å²) in [6, 6.07) is 7.96. The second kappa shape index (κ2) is 4.12. The Bertz CT molecular complexity index is 509. The summed E-state index contributed by atoms with van der Waals surface area (Å²) in [5.74, 6) is 2.61. The standard InChI is InChI=1S/C15H13N/c1-4-13-8-10-14(11-9-13)15-7-5-6-12(2)16(15)3/h1,5-11H,2H2,3H3. The van der Waals surface area contributed by atoms with Crippen LogP contribution in [-0.2, 0) is 0 Å². The van der Waals surface area contributed by atoms with Gasteiger partial charge in [0.2, 0.25) is 0 Å². The van der Waals surface area contributed by atoms with Gasteiger partial charge in [0.25, 0.3) is 0 Å². The van der Waals surface area contributed by atoms with Crippen LogP contribution in [0.25, 0.3) is 5.70 Å². The van der Waals surface area contributed by atoms with Gasteiger partial charge in [-0.3, -0.25) is 0 Å². The second-order valence-electron chi connectivity index (χ2n) is 3.68. The average molecular weight is 207 g/mol. The number of allylic oxidation sites excluding steroid dienone is 3. The van der Waals surface area contributed by atoms with E-state index >= 15 is 0 Å². The maximum absolute atomic E-state index is 5.33. The third-order valence-corrected chi connectivity index (χ3v) is 2.68. The fraction of sp³-hybridized carbons (Fsp3) is 0.0667. The van der Waals surface area contributed by atoms with Crippen LogP contribution in [0.15, 0.2) is 54.8 Å². The van der Waals surface area contributed by atoms with E-state index in [0.717, 1.165) is 22.5 Å². The lowest BCUT2D eigenvalue weighted by Crippen LogP contribution is -2.16. The predicted molar refractivity (Wildman–Crippen MR) is 68.4 cm³/mol. The number of hydrogen-bond donors (Lipinski definition) is 0. The monoisotopic (exact) mass is 207 g/mol. The highest BCUT2D eigenvalue weighted by Gasteiger charge is 2.10. The van der Waals surface area contributed by atoms with Gasteiger partial charge in [-0.25, -0.2) is 0 Å². The van der Waals surface area contributed by atoms with Crippen LogP contribution < -0.4 is 0 Å². The highest BCUT2D eigenvalue weighted by molar-refractivity contribution is 5.69. The van der Waals surface area contributed by atoms with Crippen molar-refractivity contribution in [3.05, 3.63) is 65.9 Å². The Morgan fingerprint density at radius 2 is 1.94 bits per heavy atom. The molecule has 1 heterocycles. The average Bonchev–Trinajstić information content (AvgIpc) is 2.33. The van der Waals surface area contributed by atoms with Crippen LogP contribution in [0, 0.1) is 12.3 Å². The molecule has 0 saturated heterocycles. The number of benzene rings is 1. The number of hydrogen-bond acceptors (Lipinski definition) is 1.